The topological polar surface area (TPSA) is 78.9 Å². The molecule has 1 amide bonds. The Balaban J connectivity index is 2.33. The lowest BCUT2D eigenvalue weighted by Crippen LogP contribution is -2.46. The summed E-state index contributed by atoms with van der Waals surface area (Å²) in [5, 5.41) is 11.7. The molecule has 19 heavy (non-hydrogen) atoms. The molecule has 1 fully saturated rings. The number of carboxylic acids is 1. The predicted octanol–water partition coefficient (Wildman–Crippen LogP) is 0.324. The van der Waals surface area contributed by atoms with Gasteiger partial charge in [-0.05, 0) is 5.92 Å². The van der Waals surface area contributed by atoms with E-state index in [-0.39, 0.29) is 11.8 Å². The van der Waals surface area contributed by atoms with Crippen LogP contribution in [-0.4, -0.2) is 60.8 Å². The van der Waals surface area contributed by atoms with Crippen LogP contribution in [0.4, 0.5) is 0 Å². The largest absolute Gasteiger partial charge is 0.480 e. The third-order valence-corrected chi connectivity index (χ3v) is 3.55. The molecule has 6 nitrogen and oxygen atoms in total. The molecule has 2 N–H and O–H groups in total. The van der Waals surface area contributed by atoms with Gasteiger partial charge in [-0.15, -0.1) is 0 Å². The van der Waals surface area contributed by atoms with Crippen molar-refractivity contribution >= 4 is 11.9 Å². The fraction of sp³-hybridized carbons (Fsp3) is 0.846. The Morgan fingerprint density at radius 1 is 1.37 bits per heavy atom. The van der Waals surface area contributed by atoms with Crippen molar-refractivity contribution in [2.24, 2.45) is 5.92 Å². The van der Waals surface area contributed by atoms with E-state index in [1.54, 1.807) is 0 Å². The maximum atomic E-state index is 11.8. The highest BCUT2D eigenvalue weighted by molar-refractivity contribution is 5.83. The normalized spacial score (nSPS) is 19.7. The Morgan fingerprint density at radius 3 is 2.53 bits per heavy atom. The summed E-state index contributed by atoms with van der Waals surface area (Å²) in [6, 6.07) is -0.790. The third-order valence-electron chi connectivity index (χ3n) is 3.55. The number of rotatable bonds is 7. The van der Waals surface area contributed by atoms with Crippen LogP contribution in [0, 0.1) is 5.92 Å². The van der Waals surface area contributed by atoms with Crippen molar-refractivity contribution in [3.63, 3.8) is 0 Å². The molecule has 0 aliphatic carbocycles. The molecule has 1 saturated heterocycles. The van der Waals surface area contributed by atoms with Gasteiger partial charge in [0.15, 0.2) is 0 Å². The Hall–Kier alpha value is -1.14. The van der Waals surface area contributed by atoms with Crippen LogP contribution in [0.2, 0.25) is 0 Å². The average Bonchev–Trinajstić information content (AvgIpc) is 2.42. The Morgan fingerprint density at radius 2 is 2.00 bits per heavy atom. The van der Waals surface area contributed by atoms with Crippen molar-refractivity contribution in [3.8, 4) is 0 Å². The molecule has 110 valence electrons. The highest BCUT2D eigenvalue weighted by atomic mass is 16.5. The summed E-state index contributed by atoms with van der Waals surface area (Å²) in [6.45, 7) is 7.48. The molecule has 0 aromatic rings. The zero-order valence-electron chi connectivity index (χ0n) is 11.7. The highest BCUT2D eigenvalue weighted by Crippen LogP contribution is 2.08. The van der Waals surface area contributed by atoms with Gasteiger partial charge < -0.3 is 15.2 Å². The molecular formula is C13H24N2O4. The van der Waals surface area contributed by atoms with Crippen LogP contribution in [0.5, 0.6) is 0 Å². The monoisotopic (exact) mass is 272 g/mol. The molecule has 2 atom stereocenters. The summed E-state index contributed by atoms with van der Waals surface area (Å²) in [7, 11) is 0. The number of hydrogen-bond acceptors (Lipinski definition) is 4. The predicted molar refractivity (Wildman–Crippen MR) is 70.9 cm³/mol. The lowest BCUT2D eigenvalue weighted by Gasteiger charge is -2.26. The molecule has 1 heterocycles. The highest BCUT2D eigenvalue weighted by Gasteiger charge is 2.25. The molecular weight excluding hydrogens is 248 g/mol. The first kappa shape index (κ1) is 15.9. The van der Waals surface area contributed by atoms with E-state index in [1.165, 1.54) is 0 Å². The molecule has 0 spiro atoms. The van der Waals surface area contributed by atoms with Crippen LogP contribution in [-0.2, 0) is 14.3 Å². The first-order chi connectivity index (χ1) is 9.04. The van der Waals surface area contributed by atoms with Crippen molar-refractivity contribution in [3.05, 3.63) is 0 Å². The quantitative estimate of drug-likeness (QED) is 0.698. The SMILES string of the molecule is CC[C@H](C)[C@H](NC(=O)CCN1CCOCC1)C(=O)O. The average molecular weight is 272 g/mol. The van der Waals surface area contributed by atoms with E-state index in [4.69, 9.17) is 9.84 Å². The lowest BCUT2D eigenvalue weighted by molar-refractivity contribution is -0.143. The van der Waals surface area contributed by atoms with E-state index in [1.807, 2.05) is 13.8 Å². The Bertz CT molecular complexity index is 303. The minimum Gasteiger partial charge on any atom is -0.480 e. The van der Waals surface area contributed by atoms with E-state index in [0.29, 0.717) is 26.2 Å². The number of hydrogen-bond donors (Lipinski definition) is 2. The molecule has 0 saturated carbocycles. The van der Waals surface area contributed by atoms with Crippen molar-refractivity contribution in [1.82, 2.24) is 10.2 Å². The first-order valence-corrected chi connectivity index (χ1v) is 6.86. The van der Waals surface area contributed by atoms with Gasteiger partial charge in [0.1, 0.15) is 6.04 Å². The molecule has 0 aromatic heterocycles. The van der Waals surface area contributed by atoms with Gasteiger partial charge in [0, 0.05) is 26.1 Å². The number of carbonyl (C=O) groups excluding carboxylic acids is 1. The van der Waals surface area contributed by atoms with Crippen molar-refractivity contribution in [2.45, 2.75) is 32.7 Å². The number of ether oxygens (including phenoxy) is 1. The number of carboxylic acid groups (broad SMARTS) is 1. The lowest BCUT2D eigenvalue weighted by atomic mass is 9.99. The van der Waals surface area contributed by atoms with Gasteiger partial charge in [-0.25, -0.2) is 4.79 Å². The first-order valence-electron chi connectivity index (χ1n) is 6.86. The van der Waals surface area contributed by atoms with Gasteiger partial charge in [0.25, 0.3) is 0 Å². The van der Waals surface area contributed by atoms with Gasteiger partial charge in [-0.2, -0.15) is 0 Å². The van der Waals surface area contributed by atoms with Crippen molar-refractivity contribution < 1.29 is 19.4 Å². The number of morpholine rings is 1. The summed E-state index contributed by atoms with van der Waals surface area (Å²) >= 11 is 0. The maximum absolute atomic E-state index is 11.8. The summed E-state index contributed by atoms with van der Waals surface area (Å²) in [6.07, 6.45) is 1.06. The van der Waals surface area contributed by atoms with E-state index in [2.05, 4.69) is 10.2 Å². The maximum Gasteiger partial charge on any atom is 0.326 e. The van der Waals surface area contributed by atoms with Crippen LogP contribution in [0.25, 0.3) is 0 Å². The molecule has 0 bridgehead atoms. The van der Waals surface area contributed by atoms with Gasteiger partial charge in [0.05, 0.1) is 13.2 Å². The number of nitrogens with one attached hydrogen (secondary N) is 1. The van der Waals surface area contributed by atoms with E-state index in [0.717, 1.165) is 19.5 Å². The molecule has 1 aliphatic rings. The van der Waals surface area contributed by atoms with Crippen LogP contribution >= 0.6 is 0 Å². The molecule has 6 heteroatoms. The zero-order valence-corrected chi connectivity index (χ0v) is 11.7. The van der Waals surface area contributed by atoms with E-state index in [9.17, 15) is 9.59 Å². The standard InChI is InChI=1S/C13H24N2O4/c1-3-10(2)12(13(17)18)14-11(16)4-5-15-6-8-19-9-7-15/h10,12H,3-9H2,1-2H3,(H,14,16)(H,17,18)/t10-,12-/m0/s1. The van der Waals surface area contributed by atoms with Crippen molar-refractivity contribution in [2.75, 3.05) is 32.8 Å². The van der Waals surface area contributed by atoms with E-state index < -0.39 is 12.0 Å². The van der Waals surface area contributed by atoms with E-state index >= 15 is 0 Å². The molecule has 0 aromatic carbocycles. The summed E-state index contributed by atoms with van der Waals surface area (Å²) in [4.78, 5) is 25.0. The van der Waals surface area contributed by atoms with Gasteiger partial charge in [-0.3, -0.25) is 9.69 Å². The second-order valence-corrected chi connectivity index (χ2v) is 4.97. The fourth-order valence-corrected chi connectivity index (χ4v) is 2.01. The van der Waals surface area contributed by atoms with Gasteiger partial charge in [-0.1, -0.05) is 20.3 Å². The van der Waals surface area contributed by atoms with Gasteiger partial charge in [0.2, 0.25) is 5.91 Å². The van der Waals surface area contributed by atoms with Crippen LogP contribution in [0.1, 0.15) is 26.7 Å². The number of nitrogens with zero attached hydrogens (tertiary/aromatic N) is 1. The number of aliphatic carboxylic acids is 1. The third kappa shape index (κ3) is 5.57. The fourth-order valence-electron chi connectivity index (χ4n) is 2.01. The number of amides is 1. The minimum atomic E-state index is -0.964. The number of carbonyl (C=O) groups is 2. The summed E-state index contributed by atoms with van der Waals surface area (Å²) < 4.78 is 5.23. The van der Waals surface area contributed by atoms with Gasteiger partial charge >= 0.3 is 5.97 Å². The molecule has 0 unspecified atom stereocenters. The smallest absolute Gasteiger partial charge is 0.326 e. The Kier molecular flexibility index (Phi) is 6.80. The summed E-state index contributed by atoms with van der Waals surface area (Å²) in [5.41, 5.74) is 0. The van der Waals surface area contributed by atoms with Crippen LogP contribution in [0.3, 0.4) is 0 Å². The second kappa shape index (κ2) is 8.12. The summed E-state index contributed by atoms with van der Waals surface area (Å²) in [5.74, 6) is -1.22. The Labute approximate surface area is 114 Å². The van der Waals surface area contributed by atoms with Crippen LogP contribution < -0.4 is 5.32 Å². The molecule has 1 aliphatic heterocycles. The molecule has 1 rings (SSSR count). The zero-order chi connectivity index (χ0) is 14.3. The van der Waals surface area contributed by atoms with Crippen molar-refractivity contribution in [1.29, 1.82) is 0 Å². The van der Waals surface area contributed by atoms with Crippen LogP contribution in [0.15, 0.2) is 0 Å². The minimum absolute atomic E-state index is 0.0650. The molecule has 0 radical (unpaired) electrons. The second-order valence-electron chi connectivity index (χ2n) is 4.97.